The largest absolute Gasteiger partial charge is 0.508 e. The van der Waals surface area contributed by atoms with E-state index in [2.05, 4.69) is 5.10 Å². The first-order valence-electron chi connectivity index (χ1n) is 4.38. The van der Waals surface area contributed by atoms with Gasteiger partial charge in [-0.15, -0.1) is 0 Å². The van der Waals surface area contributed by atoms with Crippen LogP contribution in [0.5, 0.6) is 5.75 Å². The van der Waals surface area contributed by atoms with Gasteiger partial charge in [0.15, 0.2) is 0 Å². The van der Waals surface area contributed by atoms with Crippen molar-refractivity contribution >= 4 is 10.9 Å². The highest BCUT2D eigenvalue weighted by molar-refractivity contribution is 5.83. The van der Waals surface area contributed by atoms with Gasteiger partial charge in [0.25, 0.3) is 0 Å². The van der Waals surface area contributed by atoms with Crippen molar-refractivity contribution in [2.45, 2.75) is 20.4 Å². The van der Waals surface area contributed by atoms with E-state index in [1.54, 1.807) is 12.1 Å². The predicted octanol–water partition coefficient (Wildman–Crippen LogP) is 2.07. The number of aromatic hydroxyl groups is 1. The van der Waals surface area contributed by atoms with Gasteiger partial charge in [-0.2, -0.15) is 5.10 Å². The lowest BCUT2D eigenvalue weighted by Gasteiger charge is -1.97. The SMILES string of the molecule is CCn1nc(C)c2ccc(O)cc21. The molecule has 0 atom stereocenters. The number of nitrogens with zero attached hydrogens (tertiary/aromatic N) is 2. The van der Waals surface area contributed by atoms with Gasteiger partial charge in [-0.1, -0.05) is 0 Å². The van der Waals surface area contributed by atoms with Gasteiger partial charge in [0, 0.05) is 18.0 Å². The normalized spacial score (nSPS) is 10.9. The molecule has 1 aromatic carbocycles. The van der Waals surface area contributed by atoms with Crippen LogP contribution in [-0.2, 0) is 6.54 Å². The fourth-order valence-electron chi connectivity index (χ4n) is 1.57. The number of phenols is 1. The molecule has 13 heavy (non-hydrogen) atoms. The van der Waals surface area contributed by atoms with Crippen LogP contribution in [0.3, 0.4) is 0 Å². The standard InChI is InChI=1S/C10H12N2O/c1-3-12-10-6-8(13)4-5-9(10)7(2)11-12/h4-6,13H,3H2,1-2H3. The van der Waals surface area contributed by atoms with Gasteiger partial charge in [0.2, 0.25) is 0 Å². The molecule has 3 heteroatoms. The number of hydrogen-bond donors (Lipinski definition) is 1. The smallest absolute Gasteiger partial charge is 0.117 e. The Morgan fingerprint density at radius 2 is 2.23 bits per heavy atom. The van der Waals surface area contributed by atoms with E-state index in [1.165, 1.54) is 0 Å². The van der Waals surface area contributed by atoms with Crippen molar-refractivity contribution in [3.8, 4) is 5.75 Å². The highest BCUT2D eigenvalue weighted by Gasteiger charge is 2.05. The zero-order chi connectivity index (χ0) is 9.42. The number of aromatic nitrogens is 2. The minimum atomic E-state index is 0.294. The maximum Gasteiger partial charge on any atom is 0.117 e. The third kappa shape index (κ3) is 1.16. The molecule has 1 aromatic heterocycles. The van der Waals surface area contributed by atoms with Crippen molar-refractivity contribution in [2.75, 3.05) is 0 Å². The molecule has 0 saturated carbocycles. The number of hydrogen-bond acceptors (Lipinski definition) is 2. The Morgan fingerprint density at radius 1 is 1.46 bits per heavy atom. The average Bonchev–Trinajstić information content (AvgIpc) is 2.42. The molecule has 0 radical (unpaired) electrons. The zero-order valence-electron chi connectivity index (χ0n) is 7.78. The van der Waals surface area contributed by atoms with Crippen LogP contribution in [0, 0.1) is 6.92 Å². The molecule has 1 N–H and O–H groups in total. The van der Waals surface area contributed by atoms with Crippen LogP contribution in [0.1, 0.15) is 12.6 Å². The monoisotopic (exact) mass is 176 g/mol. The summed E-state index contributed by atoms with van der Waals surface area (Å²) in [6.07, 6.45) is 0. The molecule has 0 aliphatic rings. The first kappa shape index (κ1) is 8.10. The van der Waals surface area contributed by atoms with Crippen molar-refractivity contribution in [1.29, 1.82) is 0 Å². The van der Waals surface area contributed by atoms with Crippen LogP contribution < -0.4 is 0 Å². The van der Waals surface area contributed by atoms with Gasteiger partial charge in [0.1, 0.15) is 5.75 Å². The van der Waals surface area contributed by atoms with E-state index in [-0.39, 0.29) is 0 Å². The summed E-state index contributed by atoms with van der Waals surface area (Å²) in [7, 11) is 0. The first-order valence-corrected chi connectivity index (χ1v) is 4.38. The minimum absolute atomic E-state index is 0.294. The molecule has 0 unspecified atom stereocenters. The third-order valence-corrected chi connectivity index (χ3v) is 2.22. The van der Waals surface area contributed by atoms with Crippen LogP contribution in [0.15, 0.2) is 18.2 Å². The maximum atomic E-state index is 9.32. The fraction of sp³-hybridized carbons (Fsp3) is 0.300. The van der Waals surface area contributed by atoms with Gasteiger partial charge >= 0.3 is 0 Å². The van der Waals surface area contributed by atoms with E-state index in [4.69, 9.17) is 0 Å². The fourth-order valence-corrected chi connectivity index (χ4v) is 1.57. The Balaban J connectivity index is 2.81. The summed E-state index contributed by atoms with van der Waals surface area (Å²) in [5.41, 5.74) is 2.01. The molecule has 3 nitrogen and oxygen atoms in total. The van der Waals surface area contributed by atoms with Gasteiger partial charge < -0.3 is 5.11 Å². The first-order chi connectivity index (χ1) is 6.22. The van der Waals surface area contributed by atoms with E-state index in [0.29, 0.717) is 5.75 Å². The van der Waals surface area contributed by atoms with Gasteiger partial charge in [0.05, 0.1) is 11.2 Å². The number of phenolic OH excluding ortho intramolecular Hbond substituents is 1. The summed E-state index contributed by atoms with van der Waals surface area (Å²) in [6, 6.07) is 5.34. The third-order valence-electron chi connectivity index (χ3n) is 2.22. The molecule has 0 fully saturated rings. The second-order valence-electron chi connectivity index (χ2n) is 3.10. The summed E-state index contributed by atoms with van der Waals surface area (Å²) in [6.45, 7) is 4.84. The van der Waals surface area contributed by atoms with Crippen LogP contribution in [-0.4, -0.2) is 14.9 Å². The Morgan fingerprint density at radius 3 is 2.92 bits per heavy atom. The van der Waals surface area contributed by atoms with E-state index in [1.807, 2.05) is 24.6 Å². The lowest BCUT2D eigenvalue weighted by atomic mass is 10.2. The van der Waals surface area contributed by atoms with E-state index in [9.17, 15) is 5.11 Å². The van der Waals surface area contributed by atoms with Gasteiger partial charge in [-0.3, -0.25) is 4.68 Å². The van der Waals surface area contributed by atoms with E-state index < -0.39 is 0 Å². The van der Waals surface area contributed by atoms with Crippen molar-refractivity contribution in [2.24, 2.45) is 0 Å². The second-order valence-corrected chi connectivity index (χ2v) is 3.10. The van der Waals surface area contributed by atoms with Crippen molar-refractivity contribution < 1.29 is 5.11 Å². The number of aryl methyl sites for hydroxylation is 2. The molecule has 0 spiro atoms. The molecule has 0 amide bonds. The topological polar surface area (TPSA) is 38.0 Å². The van der Waals surface area contributed by atoms with Crippen LogP contribution in [0.25, 0.3) is 10.9 Å². The van der Waals surface area contributed by atoms with Crippen LogP contribution >= 0.6 is 0 Å². The molecule has 2 aromatic rings. The Bertz CT molecular complexity index is 445. The molecular weight excluding hydrogens is 164 g/mol. The highest BCUT2D eigenvalue weighted by Crippen LogP contribution is 2.22. The molecule has 1 heterocycles. The maximum absolute atomic E-state index is 9.32. The summed E-state index contributed by atoms with van der Waals surface area (Å²) in [5.74, 6) is 0.294. The molecule has 2 rings (SSSR count). The summed E-state index contributed by atoms with van der Waals surface area (Å²) < 4.78 is 1.89. The predicted molar refractivity (Wildman–Crippen MR) is 51.8 cm³/mol. The van der Waals surface area contributed by atoms with E-state index >= 15 is 0 Å². The van der Waals surface area contributed by atoms with E-state index in [0.717, 1.165) is 23.1 Å². The van der Waals surface area contributed by atoms with Crippen molar-refractivity contribution in [3.05, 3.63) is 23.9 Å². The molecule has 0 aliphatic heterocycles. The summed E-state index contributed by atoms with van der Waals surface area (Å²) in [5, 5.41) is 14.8. The molecule has 0 saturated heterocycles. The zero-order valence-corrected chi connectivity index (χ0v) is 7.78. The Kier molecular flexibility index (Phi) is 1.72. The van der Waals surface area contributed by atoms with Crippen molar-refractivity contribution in [1.82, 2.24) is 9.78 Å². The second kappa shape index (κ2) is 2.76. The molecule has 0 aliphatic carbocycles. The summed E-state index contributed by atoms with van der Waals surface area (Å²) in [4.78, 5) is 0. The summed E-state index contributed by atoms with van der Waals surface area (Å²) >= 11 is 0. The number of benzene rings is 1. The lowest BCUT2D eigenvalue weighted by molar-refractivity contribution is 0.475. The van der Waals surface area contributed by atoms with Gasteiger partial charge in [-0.05, 0) is 26.0 Å². The number of fused-ring (bicyclic) bond motifs is 1. The quantitative estimate of drug-likeness (QED) is 0.722. The average molecular weight is 176 g/mol. The number of rotatable bonds is 1. The highest BCUT2D eigenvalue weighted by atomic mass is 16.3. The lowest BCUT2D eigenvalue weighted by Crippen LogP contribution is -1.95. The Hall–Kier alpha value is -1.51. The Labute approximate surface area is 76.6 Å². The van der Waals surface area contributed by atoms with Gasteiger partial charge in [-0.25, -0.2) is 0 Å². The molecule has 0 bridgehead atoms. The minimum Gasteiger partial charge on any atom is -0.508 e. The van der Waals surface area contributed by atoms with Crippen LogP contribution in [0.2, 0.25) is 0 Å². The van der Waals surface area contributed by atoms with Crippen molar-refractivity contribution in [3.63, 3.8) is 0 Å². The van der Waals surface area contributed by atoms with Crippen LogP contribution in [0.4, 0.5) is 0 Å². The molecular formula is C10H12N2O. The molecule has 68 valence electrons.